The lowest BCUT2D eigenvalue weighted by Crippen LogP contribution is -2.33. The Bertz CT molecular complexity index is 372. The molecule has 0 radical (unpaired) electrons. The summed E-state index contributed by atoms with van der Waals surface area (Å²) in [5, 5.41) is 0. The van der Waals surface area contributed by atoms with Crippen LogP contribution in [-0.4, -0.2) is 26.3 Å². The van der Waals surface area contributed by atoms with Crippen molar-refractivity contribution in [1.29, 1.82) is 0 Å². The van der Waals surface area contributed by atoms with Gasteiger partial charge in [0.15, 0.2) is 0 Å². The Balaban J connectivity index is 2.00. The number of ether oxygens (including phenoxy) is 1. The van der Waals surface area contributed by atoms with Crippen molar-refractivity contribution in [3.63, 3.8) is 0 Å². The second-order valence-corrected chi connectivity index (χ2v) is 4.92. The SMILES string of the molecule is Cc1cc(N)ccc1N(C)CC1CCCCO1. The molecule has 3 nitrogen and oxygen atoms in total. The van der Waals surface area contributed by atoms with E-state index in [-0.39, 0.29) is 0 Å². The van der Waals surface area contributed by atoms with Crippen LogP contribution in [0.4, 0.5) is 11.4 Å². The van der Waals surface area contributed by atoms with Crippen LogP contribution in [-0.2, 0) is 4.74 Å². The maximum absolute atomic E-state index is 5.77. The molecule has 0 amide bonds. The molecule has 1 heterocycles. The highest BCUT2D eigenvalue weighted by molar-refractivity contribution is 5.58. The van der Waals surface area contributed by atoms with Gasteiger partial charge >= 0.3 is 0 Å². The van der Waals surface area contributed by atoms with Crippen LogP contribution >= 0.6 is 0 Å². The molecule has 3 heteroatoms. The predicted octanol–water partition coefficient (Wildman–Crippen LogP) is 2.58. The maximum atomic E-state index is 5.77. The van der Waals surface area contributed by atoms with Crippen molar-refractivity contribution in [2.24, 2.45) is 0 Å². The summed E-state index contributed by atoms with van der Waals surface area (Å²) in [7, 11) is 2.12. The number of rotatable bonds is 3. The summed E-state index contributed by atoms with van der Waals surface area (Å²) in [4.78, 5) is 2.27. The minimum absolute atomic E-state index is 0.380. The van der Waals surface area contributed by atoms with Gasteiger partial charge in [-0.15, -0.1) is 0 Å². The molecule has 2 N–H and O–H groups in total. The molecule has 1 aromatic carbocycles. The first-order chi connectivity index (χ1) is 8.16. The van der Waals surface area contributed by atoms with E-state index in [2.05, 4.69) is 24.9 Å². The maximum Gasteiger partial charge on any atom is 0.0749 e. The van der Waals surface area contributed by atoms with E-state index in [1.165, 1.54) is 30.5 Å². The molecule has 1 atom stereocenters. The summed E-state index contributed by atoms with van der Waals surface area (Å²) in [5.74, 6) is 0. The predicted molar refractivity (Wildman–Crippen MR) is 72.5 cm³/mol. The average Bonchev–Trinajstić information content (AvgIpc) is 2.30. The molecule has 1 aliphatic rings. The van der Waals surface area contributed by atoms with E-state index in [1.54, 1.807) is 0 Å². The van der Waals surface area contributed by atoms with Crippen LogP contribution in [0, 0.1) is 6.92 Å². The highest BCUT2D eigenvalue weighted by Crippen LogP contribution is 2.23. The molecule has 2 rings (SSSR count). The van der Waals surface area contributed by atoms with Crippen LogP contribution in [0.3, 0.4) is 0 Å². The summed E-state index contributed by atoms with van der Waals surface area (Å²) in [5.41, 5.74) is 9.07. The number of anilines is 2. The normalized spacial score (nSPS) is 20.2. The van der Waals surface area contributed by atoms with E-state index in [1.807, 2.05) is 12.1 Å². The molecular weight excluding hydrogens is 212 g/mol. The Hall–Kier alpha value is -1.22. The first kappa shape index (κ1) is 12.2. The molecule has 1 unspecified atom stereocenters. The fourth-order valence-electron chi connectivity index (χ4n) is 2.46. The number of aryl methyl sites for hydroxylation is 1. The third kappa shape index (κ3) is 3.13. The zero-order valence-corrected chi connectivity index (χ0v) is 10.8. The van der Waals surface area contributed by atoms with E-state index in [0.717, 1.165) is 18.8 Å². The van der Waals surface area contributed by atoms with Crippen molar-refractivity contribution < 1.29 is 4.74 Å². The van der Waals surface area contributed by atoms with Gasteiger partial charge in [-0.05, 0) is 49.9 Å². The van der Waals surface area contributed by atoms with Gasteiger partial charge in [-0.3, -0.25) is 0 Å². The molecule has 1 fully saturated rings. The van der Waals surface area contributed by atoms with Crippen molar-refractivity contribution in [1.82, 2.24) is 0 Å². The second-order valence-electron chi connectivity index (χ2n) is 4.92. The number of benzene rings is 1. The van der Waals surface area contributed by atoms with Crippen LogP contribution in [0.5, 0.6) is 0 Å². The molecule has 1 aromatic rings. The van der Waals surface area contributed by atoms with Crippen molar-refractivity contribution in [3.8, 4) is 0 Å². The number of nitrogen functional groups attached to an aromatic ring is 1. The number of likely N-dealkylation sites (N-methyl/N-ethyl adjacent to an activating group) is 1. The van der Waals surface area contributed by atoms with Crippen molar-refractivity contribution in [2.75, 3.05) is 30.8 Å². The lowest BCUT2D eigenvalue weighted by molar-refractivity contribution is 0.0216. The lowest BCUT2D eigenvalue weighted by atomic mass is 10.1. The van der Waals surface area contributed by atoms with Crippen LogP contribution in [0.2, 0.25) is 0 Å². The number of hydrogen-bond acceptors (Lipinski definition) is 3. The van der Waals surface area contributed by atoms with Gasteiger partial charge in [-0.1, -0.05) is 0 Å². The summed E-state index contributed by atoms with van der Waals surface area (Å²) in [6, 6.07) is 6.07. The van der Waals surface area contributed by atoms with Crippen LogP contribution in [0.15, 0.2) is 18.2 Å². The zero-order chi connectivity index (χ0) is 12.3. The highest BCUT2D eigenvalue weighted by atomic mass is 16.5. The minimum atomic E-state index is 0.380. The van der Waals surface area contributed by atoms with Crippen molar-refractivity contribution >= 4 is 11.4 Å². The monoisotopic (exact) mass is 234 g/mol. The number of nitrogens with two attached hydrogens (primary N) is 1. The number of nitrogens with zero attached hydrogens (tertiary/aromatic N) is 1. The van der Waals surface area contributed by atoms with Gasteiger partial charge in [-0.25, -0.2) is 0 Å². The summed E-state index contributed by atoms with van der Waals surface area (Å²) < 4.78 is 5.77. The van der Waals surface area contributed by atoms with Gasteiger partial charge < -0.3 is 15.4 Å². The highest BCUT2D eigenvalue weighted by Gasteiger charge is 2.16. The topological polar surface area (TPSA) is 38.5 Å². The summed E-state index contributed by atoms with van der Waals surface area (Å²) >= 11 is 0. The Kier molecular flexibility index (Phi) is 3.89. The van der Waals surface area contributed by atoms with E-state index >= 15 is 0 Å². The third-order valence-corrected chi connectivity index (χ3v) is 3.38. The molecule has 0 bridgehead atoms. The van der Waals surface area contributed by atoms with Gasteiger partial charge in [-0.2, -0.15) is 0 Å². The Morgan fingerprint density at radius 1 is 1.41 bits per heavy atom. The standard InChI is InChI=1S/C14H22N2O/c1-11-9-12(15)6-7-14(11)16(2)10-13-5-3-4-8-17-13/h6-7,9,13H,3-5,8,10,15H2,1-2H3. The van der Waals surface area contributed by atoms with Crippen LogP contribution in [0.1, 0.15) is 24.8 Å². The fourth-order valence-corrected chi connectivity index (χ4v) is 2.46. The quantitative estimate of drug-likeness (QED) is 0.817. The first-order valence-electron chi connectivity index (χ1n) is 6.35. The van der Waals surface area contributed by atoms with Gasteiger partial charge in [0.1, 0.15) is 0 Å². The molecular formula is C14H22N2O. The molecule has 94 valence electrons. The van der Waals surface area contributed by atoms with Gasteiger partial charge in [0.05, 0.1) is 6.10 Å². The number of hydrogen-bond donors (Lipinski definition) is 1. The minimum Gasteiger partial charge on any atom is -0.399 e. The average molecular weight is 234 g/mol. The van der Waals surface area contributed by atoms with Crippen molar-refractivity contribution in [2.45, 2.75) is 32.3 Å². The van der Waals surface area contributed by atoms with E-state index < -0.39 is 0 Å². The smallest absolute Gasteiger partial charge is 0.0749 e. The van der Waals surface area contributed by atoms with E-state index in [4.69, 9.17) is 10.5 Å². The lowest BCUT2D eigenvalue weighted by Gasteiger charge is -2.29. The Morgan fingerprint density at radius 2 is 2.24 bits per heavy atom. The molecule has 0 aromatic heterocycles. The molecule has 17 heavy (non-hydrogen) atoms. The van der Waals surface area contributed by atoms with Crippen molar-refractivity contribution in [3.05, 3.63) is 23.8 Å². The van der Waals surface area contributed by atoms with Crippen LogP contribution in [0.25, 0.3) is 0 Å². The van der Waals surface area contributed by atoms with Gasteiger partial charge in [0, 0.05) is 31.6 Å². The van der Waals surface area contributed by atoms with E-state index in [9.17, 15) is 0 Å². The second kappa shape index (κ2) is 5.41. The fraction of sp³-hybridized carbons (Fsp3) is 0.571. The summed E-state index contributed by atoms with van der Waals surface area (Å²) in [6.07, 6.45) is 4.06. The first-order valence-corrected chi connectivity index (χ1v) is 6.35. The largest absolute Gasteiger partial charge is 0.399 e. The summed E-state index contributed by atoms with van der Waals surface area (Å²) in [6.45, 7) is 3.98. The third-order valence-electron chi connectivity index (χ3n) is 3.38. The molecule has 0 saturated carbocycles. The zero-order valence-electron chi connectivity index (χ0n) is 10.8. The van der Waals surface area contributed by atoms with Crippen LogP contribution < -0.4 is 10.6 Å². The molecule has 0 aliphatic carbocycles. The Morgan fingerprint density at radius 3 is 2.88 bits per heavy atom. The Labute approximate surface area is 104 Å². The molecule has 0 spiro atoms. The molecule has 1 saturated heterocycles. The molecule has 1 aliphatic heterocycles. The van der Waals surface area contributed by atoms with E-state index in [0.29, 0.717) is 6.10 Å². The van der Waals surface area contributed by atoms with Gasteiger partial charge in [0.2, 0.25) is 0 Å². The van der Waals surface area contributed by atoms with Gasteiger partial charge in [0.25, 0.3) is 0 Å².